The van der Waals surface area contributed by atoms with Crippen molar-refractivity contribution in [2.45, 2.75) is 18.9 Å². The van der Waals surface area contributed by atoms with Crippen molar-refractivity contribution in [3.05, 3.63) is 34.9 Å². The van der Waals surface area contributed by atoms with Crippen molar-refractivity contribution in [2.75, 3.05) is 6.61 Å². The zero-order chi connectivity index (χ0) is 11.8. The van der Waals surface area contributed by atoms with Crippen molar-refractivity contribution in [2.24, 2.45) is 0 Å². The first-order valence-electron chi connectivity index (χ1n) is 4.99. The lowest BCUT2D eigenvalue weighted by Gasteiger charge is -2.30. The topological polar surface area (TPSA) is 70.3 Å². The van der Waals surface area contributed by atoms with Gasteiger partial charge in [0.1, 0.15) is 6.07 Å². The minimum atomic E-state index is -1.03. The molecule has 1 heterocycles. The summed E-state index contributed by atoms with van der Waals surface area (Å²) in [6.45, 7) is 2.15. The van der Waals surface area contributed by atoms with E-state index in [0.717, 1.165) is 5.56 Å². The van der Waals surface area contributed by atoms with E-state index < -0.39 is 11.6 Å². The Bertz CT molecular complexity index is 490. The predicted molar refractivity (Wildman–Crippen MR) is 56.0 cm³/mol. The van der Waals surface area contributed by atoms with Crippen LogP contribution in [0.25, 0.3) is 0 Å². The molecule has 2 rings (SSSR count). The molecule has 82 valence electrons. The molecular weight excluding hydrogens is 206 g/mol. The lowest BCUT2D eigenvalue weighted by Crippen LogP contribution is -2.31. The van der Waals surface area contributed by atoms with Gasteiger partial charge in [-0.2, -0.15) is 5.26 Å². The van der Waals surface area contributed by atoms with Crippen molar-refractivity contribution >= 4 is 5.97 Å². The fraction of sp³-hybridized carbons (Fsp3) is 0.333. The van der Waals surface area contributed by atoms with Gasteiger partial charge in [-0.15, -0.1) is 0 Å². The number of carboxylic acid groups (broad SMARTS) is 1. The van der Waals surface area contributed by atoms with E-state index in [1.165, 1.54) is 6.07 Å². The molecule has 0 aromatic heterocycles. The summed E-state index contributed by atoms with van der Waals surface area (Å²) in [6, 6.07) is 6.94. The minimum Gasteiger partial charge on any atom is -0.478 e. The molecule has 0 bridgehead atoms. The Kier molecular flexibility index (Phi) is 2.41. The summed E-state index contributed by atoms with van der Waals surface area (Å²) in [5, 5.41) is 18.0. The number of carbonyl (C=O) groups is 1. The lowest BCUT2D eigenvalue weighted by molar-refractivity contribution is -0.00205. The van der Waals surface area contributed by atoms with E-state index >= 15 is 0 Å². The summed E-state index contributed by atoms with van der Waals surface area (Å²) in [6.07, 6.45) is 0.715. The number of aromatic carboxylic acids is 1. The van der Waals surface area contributed by atoms with Gasteiger partial charge in [-0.3, -0.25) is 0 Å². The maximum atomic E-state index is 10.9. The number of rotatable bonds is 1. The Balaban J connectivity index is 2.58. The molecule has 0 saturated heterocycles. The lowest BCUT2D eigenvalue weighted by atomic mass is 9.87. The van der Waals surface area contributed by atoms with Crippen LogP contribution >= 0.6 is 0 Å². The van der Waals surface area contributed by atoms with E-state index in [1.807, 2.05) is 0 Å². The number of nitrogens with zero attached hydrogens (tertiary/aromatic N) is 1. The summed E-state index contributed by atoms with van der Waals surface area (Å²) in [5.74, 6) is -0.992. The number of hydrogen-bond acceptors (Lipinski definition) is 3. The Morgan fingerprint density at radius 2 is 2.38 bits per heavy atom. The molecule has 1 aromatic carbocycles. The van der Waals surface area contributed by atoms with Crippen LogP contribution in [-0.4, -0.2) is 17.7 Å². The molecular formula is C12H11NO3. The van der Waals surface area contributed by atoms with Gasteiger partial charge in [0.25, 0.3) is 0 Å². The number of hydrogen-bond donors (Lipinski definition) is 1. The smallest absolute Gasteiger partial charge is 0.335 e. The van der Waals surface area contributed by atoms with Gasteiger partial charge in [-0.25, -0.2) is 4.79 Å². The average molecular weight is 217 g/mol. The number of carboxylic acids is 1. The highest BCUT2D eigenvalue weighted by Crippen LogP contribution is 2.32. The summed E-state index contributed by atoms with van der Waals surface area (Å²) < 4.78 is 5.42. The van der Waals surface area contributed by atoms with Crippen LogP contribution in [0, 0.1) is 11.3 Å². The molecule has 1 aliphatic rings. The van der Waals surface area contributed by atoms with Crippen LogP contribution in [0.2, 0.25) is 0 Å². The zero-order valence-electron chi connectivity index (χ0n) is 8.86. The number of fused-ring (bicyclic) bond motifs is 1. The summed E-state index contributed by atoms with van der Waals surface area (Å²) >= 11 is 0. The van der Waals surface area contributed by atoms with Gasteiger partial charge in [0, 0.05) is 5.56 Å². The van der Waals surface area contributed by atoms with E-state index in [4.69, 9.17) is 15.1 Å². The third-order valence-electron chi connectivity index (χ3n) is 2.85. The molecule has 16 heavy (non-hydrogen) atoms. The van der Waals surface area contributed by atoms with Gasteiger partial charge >= 0.3 is 5.97 Å². The van der Waals surface area contributed by atoms with Crippen LogP contribution in [0.5, 0.6) is 0 Å². The van der Waals surface area contributed by atoms with E-state index in [2.05, 4.69) is 6.07 Å². The zero-order valence-corrected chi connectivity index (χ0v) is 8.86. The molecule has 4 nitrogen and oxygen atoms in total. The Hall–Kier alpha value is -1.86. The van der Waals surface area contributed by atoms with Gasteiger partial charge in [0.05, 0.1) is 12.2 Å². The summed E-state index contributed by atoms with van der Waals surface area (Å²) in [7, 11) is 0. The maximum Gasteiger partial charge on any atom is 0.335 e. The molecule has 0 saturated carbocycles. The number of nitriles is 1. The van der Waals surface area contributed by atoms with Crippen LogP contribution in [0.4, 0.5) is 0 Å². The largest absolute Gasteiger partial charge is 0.478 e. The highest BCUT2D eigenvalue weighted by atomic mass is 16.5. The van der Waals surface area contributed by atoms with Gasteiger partial charge in [0.2, 0.25) is 0 Å². The average Bonchev–Trinajstić information content (AvgIpc) is 2.29. The molecule has 0 radical (unpaired) electrons. The normalized spacial score (nSPS) is 23.2. The highest BCUT2D eigenvalue weighted by molar-refractivity contribution is 5.88. The molecule has 0 amide bonds. The fourth-order valence-corrected chi connectivity index (χ4v) is 1.91. The van der Waals surface area contributed by atoms with Crippen LogP contribution in [0.1, 0.15) is 28.4 Å². The third kappa shape index (κ3) is 1.55. The van der Waals surface area contributed by atoms with Crippen molar-refractivity contribution in [1.29, 1.82) is 5.26 Å². The molecule has 1 aliphatic heterocycles. The summed E-state index contributed by atoms with van der Waals surface area (Å²) in [4.78, 5) is 10.9. The Labute approximate surface area is 93.1 Å². The van der Waals surface area contributed by atoms with Crippen molar-refractivity contribution in [1.82, 2.24) is 0 Å². The van der Waals surface area contributed by atoms with E-state index in [0.29, 0.717) is 18.6 Å². The molecule has 1 unspecified atom stereocenters. The fourth-order valence-electron chi connectivity index (χ4n) is 1.91. The molecule has 1 N–H and O–H groups in total. The van der Waals surface area contributed by atoms with Crippen molar-refractivity contribution < 1.29 is 14.6 Å². The van der Waals surface area contributed by atoms with Crippen LogP contribution in [-0.2, 0) is 16.8 Å². The molecule has 1 atom stereocenters. The van der Waals surface area contributed by atoms with Crippen molar-refractivity contribution in [3.8, 4) is 6.07 Å². The monoisotopic (exact) mass is 217 g/mol. The highest BCUT2D eigenvalue weighted by Gasteiger charge is 2.33. The number of ether oxygens (including phenoxy) is 1. The quantitative estimate of drug-likeness (QED) is 0.777. The molecule has 0 aliphatic carbocycles. The first-order valence-corrected chi connectivity index (χ1v) is 4.99. The van der Waals surface area contributed by atoms with E-state index in [1.54, 1.807) is 19.1 Å². The van der Waals surface area contributed by atoms with Gasteiger partial charge < -0.3 is 9.84 Å². The minimum absolute atomic E-state index is 0.186. The first-order chi connectivity index (χ1) is 7.57. The van der Waals surface area contributed by atoms with E-state index in [-0.39, 0.29) is 5.56 Å². The number of benzene rings is 1. The van der Waals surface area contributed by atoms with Gasteiger partial charge in [-0.05, 0) is 31.0 Å². The standard InChI is InChI=1S/C12H11NO3/c1-12(7-13)10-6-9(11(14)15)3-2-8(10)4-5-16-12/h2-3,6H,4-5H2,1H3,(H,14,15). The maximum absolute atomic E-state index is 10.9. The summed E-state index contributed by atoms with van der Waals surface area (Å²) in [5.41, 5.74) is 0.811. The molecule has 4 heteroatoms. The second-order valence-electron chi connectivity index (χ2n) is 3.92. The van der Waals surface area contributed by atoms with Gasteiger partial charge in [0.15, 0.2) is 5.60 Å². The Morgan fingerprint density at radius 3 is 3.00 bits per heavy atom. The van der Waals surface area contributed by atoms with Crippen LogP contribution in [0.15, 0.2) is 18.2 Å². The van der Waals surface area contributed by atoms with Crippen molar-refractivity contribution in [3.63, 3.8) is 0 Å². The predicted octanol–water partition coefficient (Wildman–Crippen LogP) is 1.70. The van der Waals surface area contributed by atoms with E-state index in [9.17, 15) is 4.79 Å². The van der Waals surface area contributed by atoms with Crippen LogP contribution < -0.4 is 0 Å². The molecule has 0 fully saturated rings. The van der Waals surface area contributed by atoms with Crippen LogP contribution in [0.3, 0.4) is 0 Å². The first kappa shape index (κ1) is 10.7. The second kappa shape index (κ2) is 3.62. The van der Waals surface area contributed by atoms with Gasteiger partial charge in [-0.1, -0.05) is 6.07 Å². The molecule has 1 aromatic rings. The Morgan fingerprint density at radius 1 is 1.62 bits per heavy atom. The second-order valence-corrected chi connectivity index (χ2v) is 3.92. The third-order valence-corrected chi connectivity index (χ3v) is 2.85. The SMILES string of the molecule is CC1(C#N)OCCc2ccc(C(=O)O)cc21. The molecule has 0 spiro atoms.